The van der Waals surface area contributed by atoms with Crippen molar-refractivity contribution >= 4 is 37.5 Å². The summed E-state index contributed by atoms with van der Waals surface area (Å²) in [5.41, 5.74) is -0.345. The summed E-state index contributed by atoms with van der Waals surface area (Å²) in [6.45, 7) is 0. The average Bonchev–Trinajstić information content (AvgIpc) is 2.50. The Kier molecular flexibility index (Phi) is 5.36. The second-order valence-electron chi connectivity index (χ2n) is 5.01. The molecule has 0 unspecified atom stereocenters. The molecule has 0 fully saturated rings. The Bertz CT molecular complexity index is 902. The molecule has 0 aliphatic heterocycles. The first-order chi connectivity index (χ1) is 11.1. The first-order valence-corrected chi connectivity index (χ1v) is 8.84. The minimum Gasteiger partial charge on any atom is -0.319 e. The van der Waals surface area contributed by atoms with E-state index in [9.17, 15) is 22.0 Å². The number of hydrogen-bond acceptors (Lipinski definition) is 3. The van der Waals surface area contributed by atoms with Crippen LogP contribution in [0.15, 0.2) is 45.8 Å². The van der Waals surface area contributed by atoms with Crippen molar-refractivity contribution in [2.75, 3.05) is 19.4 Å². The molecule has 2 aromatic carbocycles. The highest BCUT2D eigenvalue weighted by Gasteiger charge is 2.22. The van der Waals surface area contributed by atoms with Crippen LogP contribution in [-0.4, -0.2) is 32.7 Å². The molecule has 9 heteroatoms. The second kappa shape index (κ2) is 6.96. The molecule has 1 N–H and O–H groups in total. The maximum absolute atomic E-state index is 13.6. The predicted molar refractivity (Wildman–Crippen MR) is 89.3 cm³/mol. The minimum absolute atomic E-state index is 0.0118. The highest BCUT2D eigenvalue weighted by molar-refractivity contribution is 9.10. The molecular weight excluding hydrogens is 406 g/mol. The third kappa shape index (κ3) is 3.80. The molecule has 5 nitrogen and oxygen atoms in total. The highest BCUT2D eigenvalue weighted by atomic mass is 79.9. The maximum atomic E-state index is 13.6. The first-order valence-electron chi connectivity index (χ1n) is 6.61. The number of anilines is 1. The van der Waals surface area contributed by atoms with Gasteiger partial charge in [0.2, 0.25) is 10.0 Å². The number of nitrogens with zero attached hydrogens (tertiary/aromatic N) is 1. The van der Waals surface area contributed by atoms with E-state index in [-0.39, 0.29) is 20.6 Å². The van der Waals surface area contributed by atoms with Crippen molar-refractivity contribution in [1.82, 2.24) is 4.31 Å². The van der Waals surface area contributed by atoms with Gasteiger partial charge in [0.1, 0.15) is 11.6 Å². The Balaban J connectivity index is 2.39. The van der Waals surface area contributed by atoms with Gasteiger partial charge in [-0.05, 0) is 46.3 Å². The summed E-state index contributed by atoms with van der Waals surface area (Å²) in [6.07, 6.45) is 0. The number of amides is 1. The Labute approximate surface area is 146 Å². The lowest BCUT2D eigenvalue weighted by Crippen LogP contribution is -2.23. The molecule has 0 aliphatic rings. The standard InChI is InChI=1S/C15H13BrF2N2O3S/c1-20(2)24(22,23)14-7-9(3-5-11(14)16)15(21)19-13-8-10(17)4-6-12(13)18/h3-8H,1-2H3,(H,19,21). The third-order valence-corrected chi connectivity index (χ3v) is 5.94. The van der Waals surface area contributed by atoms with Gasteiger partial charge in [-0.15, -0.1) is 0 Å². The summed E-state index contributed by atoms with van der Waals surface area (Å²) in [6, 6.07) is 6.56. The maximum Gasteiger partial charge on any atom is 0.255 e. The van der Waals surface area contributed by atoms with Gasteiger partial charge in [0.25, 0.3) is 5.91 Å². The number of carbonyl (C=O) groups is 1. The fourth-order valence-electron chi connectivity index (χ4n) is 1.83. The molecule has 0 heterocycles. The van der Waals surface area contributed by atoms with Crippen LogP contribution in [0.4, 0.5) is 14.5 Å². The van der Waals surface area contributed by atoms with Crippen LogP contribution >= 0.6 is 15.9 Å². The molecule has 0 radical (unpaired) electrons. The predicted octanol–water partition coefficient (Wildman–Crippen LogP) is 3.23. The van der Waals surface area contributed by atoms with Crippen molar-refractivity contribution in [3.63, 3.8) is 0 Å². The Hall–Kier alpha value is -1.84. The lowest BCUT2D eigenvalue weighted by atomic mass is 10.2. The zero-order valence-electron chi connectivity index (χ0n) is 12.7. The van der Waals surface area contributed by atoms with Gasteiger partial charge in [-0.3, -0.25) is 4.79 Å². The number of sulfonamides is 1. The normalized spacial score (nSPS) is 11.6. The Morgan fingerprint density at radius 1 is 1.12 bits per heavy atom. The molecule has 0 saturated carbocycles. The molecule has 2 rings (SSSR count). The van der Waals surface area contributed by atoms with Crippen LogP contribution in [0.5, 0.6) is 0 Å². The summed E-state index contributed by atoms with van der Waals surface area (Å²) >= 11 is 3.12. The molecule has 24 heavy (non-hydrogen) atoms. The summed E-state index contributed by atoms with van der Waals surface area (Å²) < 4.78 is 52.5. The van der Waals surface area contributed by atoms with Gasteiger partial charge in [0.15, 0.2) is 0 Å². The monoisotopic (exact) mass is 418 g/mol. The molecule has 2 aromatic rings. The lowest BCUT2D eigenvalue weighted by molar-refractivity contribution is 0.102. The van der Waals surface area contributed by atoms with Gasteiger partial charge >= 0.3 is 0 Å². The molecule has 128 valence electrons. The fraction of sp³-hybridized carbons (Fsp3) is 0.133. The quantitative estimate of drug-likeness (QED) is 0.828. The van der Waals surface area contributed by atoms with Gasteiger partial charge in [0, 0.05) is 30.2 Å². The van der Waals surface area contributed by atoms with Crippen LogP contribution in [0.3, 0.4) is 0 Å². The highest BCUT2D eigenvalue weighted by Crippen LogP contribution is 2.26. The van der Waals surface area contributed by atoms with Gasteiger partial charge < -0.3 is 5.32 Å². The second-order valence-corrected chi connectivity index (χ2v) is 7.99. The summed E-state index contributed by atoms with van der Waals surface area (Å²) in [5.74, 6) is -2.27. The van der Waals surface area contributed by atoms with Gasteiger partial charge in [-0.2, -0.15) is 0 Å². The van der Waals surface area contributed by atoms with Crippen LogP contribution in [0.25, 0.3) is 0 Å². The van der Waals surface area contributed by atoms with Crippen LogP contribution in [0.1, 0.15) is 10.4 Å². The summed E-state index contributed by atoms with van der Waals surface area (Å²) in [4.78, 5) is 12.1. The molecule has 0 saturated heterocycles. The van der Waals surface area contributed by atoms with Crippen molar-refractivity contribution in [3.8, 4) is 0 Å². The molecule has 1 amide bonds. The number of benzene rings is 2. The zero-order chi connectivity index (χ0) is 18.1. The summed E-state index contributed by atoms with van der Waals surface area (Å²) in [7, 11) is -1.06. The van der Waals surface area contributed by atoms with Crippen molar-refractivity contribution in [2.24, 2.45) is 0 Å². The lowest BCUT2D eigenvalue weighted by Gasteiger charge is -2.14. The number of carbonyl (C=O) groups excluding carboxylic acids is 1. The van der Waals surface area contributed by atoms with Gasteiger partial charge in [-0.25, -0.2) is 21.5 Å². The fourth-order valence-corrected chi connectivity index (χ4v) is 3.67. The van der Waals surface area contributed by atoms with Crippen LogP contribution in [-0.2, 0) is 10.0 Å². The van der Waals surface area contributed by atoms with Crippen molar-refractivity contribution in [1.29, 1.82) is 0 Å². The number of halogens is 3. The zero-order valence-corrected chi connectivity index (χ0v) is 15.1. The number of hydrogen-bond donors (Lipinski definition) is 1. The Morgan fingerprint density at radius 2 is 1.79 bits per heavy atom. The smallest absolute Gasteiger partial charge is 0.255 e. The van der Waals surface area contributed by atoms with E-state index < -0.39 is 27.6 Å². The SMILES string of the molecule is CN(C)S(=O)(=O)c1cc(C(=O)Nc2cc(F)ccc2F)ccc1Br. The van der Waals surface area contributed by atoms with E-state index in [2.05, 4.69) is 21.2 Å². The minimum atomic E-state index is -3.78. The molecule has 0 bridgehead atoms. The number of nitrogens with one attached hydrogen (secondary N) is 1. The molecular formula is C15H13BrF2N2O3S. The van der Waals surface area contributed by atoms with Crippen LogP contribution in [0.2, 0.25) is 0 Å². The van der Waals surface area contributed by atoms with E-state index in [4.69, 9.17) is 0 Å². The number of rotatable bonds is 4. The van der Waals surface area contributed by atoms with E-state index in [1.54, 1.807) is 0 Å². The summed E-state index contributed by atoms with van der Waals surface area (Å²) in [5, 5.41) is 2.22. The Morgan fingerprint density at radius 3 is 2.42 bits per heavy atom. The van der Waals surface area contributed by atoms with E-state index in [1.807, 2.05) is 0 Å². The largest absolute Gasteiger partial charge is 0.319 e. The van der Waals surface area contributed by atoms with Gasteiger partial charge in [-0.1, -0.05) is 0 Å². The molecule has 0 spiro atoms. The van der Waals surface area contributed by atoms with Gasteiger partial charge in [0.05, 0.1) is 10.6 Å². The van der Waals surface area contributed by atoms with Crippen molar-refractivity contribution in [3.05, 3.63) is 58.1 Å². The first kappa shape index (κ1) is 18.5. The molecule has 0 atom stereocenters. The average molecular weight is 419 g/mol. The van der Waals surface area contributed by atoms with E-state index in [1.165, 1.54) is 26.2 Å². The molecule has 0 aromatic heterocycles. The van der Waals surface area contributed by atoms with Crippen molar-refractivity contribution in [2.45, 2.75) is 4.90 Å². The van der Waals surface area contributed by atoms with E-state index >= 15 is 0 Å². The molecule has 0 aliphatic carbocycles. The van der Waals surface area contributed by atoms with Crippen molar-refractivity contribution < 1.29 is 22.0 Å². The van der Waals surface area contributed by atoms with Crippen LogP contribution < -0.4 is 5.32 Å². The third-order valence-electron chi connectivity index (χ3n) is 3.13. The van der Waals surface area contributed by atoms with Crippen LogP contribution in [0, 0.1) is 11.6 Å². The van der Waals surface area contributed by atoms with E-state index in [0.717, 1.165) is 28.6 Å². The topological polar surface area (TPSA) is 66.5 Å². The van der Waals surface area contributed by atoms with E-state index in [0.29, 0.717) is 0 Å².